The summed E-state index contributed by atoms with van der Waals surface area (Å²) in [6, 6.07) is 62.0. The molecule has 0 radical (unpaired) electrons. The molecule has 7 aromatic carbocycles. The van der Waals surface area contributed by atoms with Crippen molar-refractivity contribution in [3.05, 3.63) is 187 Å². The zero-order valence-corrected chi connectivity index (χ0v) is 30.1. The smallest absolute Gasteiger partial charge is 0.0702 e. The number of hydrogen-bond donors (Lipinski definition) is 0. The molecular weight excluding hydrogens is 641 g/mol. The summed E-state index contributed by atoms with van der Waals surface area (Å²) in [6.07, 6.45) is 2.03. The average Bonchev–Trinajstić information content (AvgIpc) is 3.63. The molecule has 0 saturated heterocycles. The Morgan fingerprint density at radius 3 is 1.66 bits per heavy atom. The molecule has 10 rings (SSSR count). The Morgan fingerprint density at radius 2 is 0.943 bits per heavy atom. The van der Waals surface area contributed by atoms with E-state index in [1.54, 1.807) is 0 Å². The molecule has 2 heteroatoms. The van der Waals surface area contributed by atoms with Crippen LogP contribution in [0, 0.1) is 0 Å². The van der Waals surface area contributed by atoms with Crippen LogP contribution in [0.4, 0.5) is 0 Å². The van der Waals surface area contributed by atoms with Gasteiger partial charge in [-0.25, -0.2) is 0 Å². The topological polar surface area (TPSA) is 17.8 Å². The maximum absolute atomic E-state index is 5.00. The average molecular weight is 679 g/mol. The van der Waals surface area contributed by atoms with Crippen LogP contribution >= 0.6 is 0 Å². The van der Waals surface area contributed by atoms with Gasteiger partial charge in [0.05, 0.1) is 5.69 Å². The molecule has 1 aliphatic carbocycles. The Hall–Kier alpha value is -6.51. The Balaban J connectivity index is 0.995. The molecule has 0 aliphatic heterocycles. The van der Waals surface area contributed by atoms with Crippen molar-refractivity contribution >= 4 is 21.8 Å². The lowest BCUT2D eigenvalue weighted by molar-refractivity contribution is 0.660. The van der Waals surface area contributed by atoms with Gasteiger partial charge in [-0.05, 0) is 104 Å². The number of nitrogens with zero attached hydrogens (tertiary/aromatic N) is 2. The normalized spacial score (nSPS) is 13.0. The largest absolute Gasteiger partial charge is 0.344 e. The van der Waals surface area contributed by atoms with E-state index in [-0.39, 0.29) is 5.41 Å². The van der Waals surface area contributed by atoms with Gasteiger partial charge in [0.1, 0.15) is 0 Å². The highest BCUT2D eigenvalue weighted by molar-refractivity contribution is 6.10. The lowest BCUT2D eigenvalue weighted by atomic mass is 9.82. The summed E-state index contributed by atoms with van der Waals surface area (Å²) < 4.78 is 2.31. The molecule has 0 bridgehead atoms. The van der Waals surface area contributed by atoms with Crippen LogP contribution in [0.1, 0.15) is 25.0 Å². The number of pyridine rings is 1. The molecular formula is C51H38N2. The van der Waals surface area contributed by atoms with Gasteiger partial charge in [-0.15, -0.1) is 0 Å². The molecule has 0 spiro atoms. The van der Waals surface area contributed by atoms with Crippen LogP contribution in [-0.4, -0.2) is 9.55 Å². The fourth-order valence-corrected chi connectivity index (χ4v) is 8.65. The molecule has 2 aromatic heterocycles. The number of rotatable bonds is 5. The van der Waals surface area contributed by atoms with Crippen LogP contribution in [0.2, 0.25) is 0 Å². The first-order valence-corrected chi connectivity index (χ1v) is 18.4. The number of hydrogen-bond acceptors (Lipinski definition) is 1. The first-order valence-electron chi connectivity index (χ1n) is 18.4. The van der Waals surface area contributed by atoms with Gasteiger partial charge >= 0.3 is 0 Å². The predicted octanol–water partition coefficient (Wildman–Crippen LogP) is 13.4. The van der Waals surface area contributed by atoms with Crippen molar-refractivity contribution in [3.63, 3.8) is 0 Å². The summed E-state index contributed by atoms with van der Waals surface area (Å²) >= 11 is 0. The molecule has 2 nitrogen and oxygen atoms in total. The predicted molar refractivity (Wildman–Crippen MR) is 223 cm³/mol. The van der Waals surface area contributed by atoms with E-state index in [2.05, 4.69) is 195 Å². The van der Waals surface area contributed by atoms with Gasteiger partial charge in [0.2, 0.25) is 0 Å². The summed E-state index contributed by atoms with van der Waals surface area (Å²) in [5.41, 5.74) is 19.6. The van der Waals surface area contributed by atoms with Crippen molar-refractivity contribution in [2.45, 2.75) is 19.3 Å². The second-order valence-electron chi connectivity index (χ2n) is 14.9. The van der Waals surface area contributed by atoms with E-state index in [4.69, 9.17) is 4.98 Å². The van der Waals surface area contributed by atoms with Crippen molar-refractivity contribution in [3.8, 4) is 66.9 Å². The standard InChI is InChI=1S/C51H38N2/c1-51(2)46-19-10-9-18-42(46)43-24-20-38(31-47(43)51)48-25-21-39(32-52-48)36-23-27-50-45(30-36)44-29-35(22-26-49(44)53(50)3)34-14-11-15-37(28-34)41-17-8-7-16-40(41)33-12-5-4-6-13-33/h4-32H,1-3H3. The van der Waals surface area contributed by atoms with Crippen molar-refractivity contribution in [2.75, 3.05) is 0 Å². The van der Waals surface area contributed by atoms with Crippen molar-refractivity contribution < 1.29 is 0 Å². The van der Waals surface area contributed by atoms with Gasteiger partial charge in [0.15, 0.2) is 0 Å². The summed E-state index contributed by atoms with van der Waals surface area (Å²) in [5, 5.41) is 2.50. The number of aromatic nitrogens is 2. The summed E-state index contributed by atoms with van der Waals surface area (Å²) in [6.45, 7) is 4.65. The second-order valence-corrected chi connectivity index (χ2v) is 14.9. The third-order valence-electron chi connectivity index (χ3n) is 11.5. The first kappa shape index (κ1) is 31.2. The molecule has 0 amide bonds. The number of fused-ring (bicyclic) bond motifs is 6. The van der Waals surface area contributed by atoms with E-state index in [0.29, 0.717) is 0 Å². The quantitative estimate of drug-likeness (QED) is 0.177. The highest BCUT2D eigenvalue weighted by Crippen LogP contribution is 2.49. The van der Waals surface area contributed by atoms with Gasteiger partial charge < -0.3 is 4.57 Å². The molecule has 0 saturated carbocycles. The van der Waals surface area contributed by atoms with Crippen LogP contribution in [0.25, 0.3) is 88.7 Å². The minimum absolute atomic E-state index is 0.0355. The Bertz CT molecular complexity index is 2860. The maximum Gasteiger partial charge on any atom is 0.0702 e. The highest BCUT2D eigenvalue weighted by atomic mass is 14.9. The van der Waals surface area contributed by atoms with E-state index >= 15 is 0 Å². The maximum atomic E-state index is 5.00. The minimum atomic E-state index is -0.0355. The van der Waals surface area contributed by atoms with Gasteiger partial charge in [-0.3, -0.25) is 4.98 Å². The molecule has 0 N–H and O–H groups in total. The van der Waals surface area contributed by atoms with E-state index in [1.807, 2.05) is 6.20 Å². The van der Waals surface area contributed by atoms with Crippen LogP contribution in [-0.2, 0) is 12.5 Å². The van der Waals surface area contributed by atoms with E-state index < -0.39 is 0 Å². The van der Waals surface area contributed by atoms with Gasteiger partial charge in [-0.2, -0.15) is 0 Å². The Morgan fingerprint density at radius 1 is 0.396 bits per heavy atom. The molecule has 1 aliphatic rings. The van der Waals surface area contributed by atoms with Crippen LogP contribution in [0.15, 0.2) is 176 Å². The van der Waals surface area contributed by atoms with Crippen LogP contribution < -0.4 is 0 Å². The van der Waals surface area contributed by atoms with E-state index in [9.17, 15) is 0 Å². The van der Waals surface area contributed by atoms with Crippen LogP contribution in [0.3, 0.4) is 0 Å². The van der Waals surface area contributed by atoms with E-state index in [0.717, 1.165) is 16.8 Å². The van der Waals surface area contributed by atoms with Crippen LogP contribution in [0.5, 0.6) is 0 Å². The Kier molecular flexibility index (Phi) is 7.10. The number of aryl methyl sites for hydroxylation is 1. The molecule has 53 heavy (non-hydrogen) atoms. The molecule has 9 aromatic rings. The summed E-state index contributed by atoms with van der Waals surface area (Å²) in [7, 11) is 2.16. The third-order valence-corrected chi connectivity index (χ3v) is 11.5. The fraction of sp³-hybridized carbons (Fsp3) is 0.0784. The number of benzene rings is 7. The van der Waals surface area contributed by atoms with Gasteiger partial charge in [-0.1, -0.05) is 141 Å². The molecule has 0 unspecified atom stereocenters. The minimum Gasteiger partial charge on any atom is -0.344 e. The second kappa shape index (κ2) is 12.0. The molecule has 0 fully saturated rings. The fourth-order valence-electron chi connectivity index (χ4n) is 8.65. The monoisotopic (exact) mass is 678 g/mol. The van der Waals surface area contributed by atoms with E-state index in [1.165, 1.54) is 83.0 Å². The molecule has 0 atom stereocenters. The van der Waals surface area contributed by atoms with Gasteiger partial charge in [0, 0.05) is 51.6 Å². The van der Waals surface area contributed by atoms with Gasteiger partial charge in [0.25, 0.3) is 0 Å². The third kappa shape index (κ3) is 5.05. The van der Waals surface area contributed by atoms with Crippen molar-refractivity contribution in [1.82, 2.24) is 9.55 Å². The first-order chi connectivity index (χ1) is 25.9. The zero-order chi connectivity index (χ0) is 35.7. The Labute approximate surface area is 310 Å². The summed E-state index contributed by atoms with van der Waals surface area (Å²) in [5.74, 6) is 0. The van der Waals surface area contributed by atoms with Crippen molar-refractivity contribution in [2.24, 2.45) is 7.05 Å². The SMILES string of the molecule is Cn1c2ccc(-c3ccc(-c4ccc5c(c4)C(C)(C)c4ccccc4-5)nc3)cc2c2cc(-c3cccc(-c4ccccc4-c4ccccc4)c3)ccc21. The lowest BCUT2D eigenvalue weighted by Crippen LogP contribution is -2.14. The highest BCUT2D eigenvalue weighted by Gasteiger charge is 2.35. The summed E-state index contributed by atoms with van der Waals surface area (Å²) in [4.78, 5) is 5.00. The van der Waals surface area contributed by atoms with Crippen molar-refractivity contribution in [1.29, 1.82) is 0 Å². The molecule has 2 heterocycles. The lowest BCUT2D eigenvalue weighted by Gasteiger charge is -2.21. The zero-order valence-electron chi connectivity index (χ0n) is 30.1. The molecule has 252 valence electrons.